The minimum atomic E-state index is -3.62. The second-order valence-corrected chi connectivity index (χ2v) is 7.25. The van der Waals surface area contributed by atoms with Gasteiger partial charge in [0, 0.05) is 5.69 Å². The molecule has 1 aromatic rings. The van der Waals surface area contributed by atoms with Crippen LogP contribution < -0.4 is 10.5 Å². The Hall–Kier alpha value is -1.76. The standard InChI is InChI=1S/C12H18N2O4S/c1-12(2,3)7-19(17,18)14-10-5-4-8(13)6-9(10)11(15)16/h4-6,14H,7,13H2,1-3H3,(H,15,16). The highest BCUT2D eigenvalue weighted by Crippen LogP contribution is 2.23. The van der Waals surface area contributed by atoms with Crippen LogP contribution in [0.2, 0.25) is 0 Å². The lowest BCUT2D eigenvalue weighted by Gasteiger charge is -2.19. The van der Waals surface area contributed by atoms with Gasteiger partial charge in [-0.15, -0.1) is 0 Å². The number of carboxylic acid groups (broad SMARTS) is 1. The minimum Gasteiger partial charge on any atom is -0.478 e. The molecule has 1 rings (SSSR count). The van der Waals surface area contributed by atoms with Crippen molar-refractivity contribution >= 4 is 27.4 Å². The van der Waals surface area contributed by atoms with Crippen LogP contribution in [-0.2, 0) is 10.0 Å². The Morgan fingerprint density at radius 2 is 1.95 bits per heavy atom. The first-order valence-corrected chi connectivity index (χ1v) is 7.29. The second-order valence-electron chi connectivity index (χ2n) is 5.53. The molecule has 0 aliphatic carbocycles. The molecule has 4 N–H and O–H groups in total. The smallest absolute Gasteiger partial charge is 0.337 e. The van der Waals surface area contributed by atoms with E-state index in [4.69, 9.17) is 10.8 Å². The van der Waals surface area contributed by atoms with Crippen LogP contribution >= 0.6 is 0 Å². The summed E-state index contributed by atoms with van der Waals surface area (Å²) in [6, 6.07) is 4.01. The quantitative estimate of drug-likeness (QED) is 0.730. The zero-order valence-corrected chi connectivity index (χ0v) is 11.9. The zero-order valence-electron chi connectivity index (χ0n) is 11.1. The third-order valence-electron chi connectivity index (χ3n) is 2.16. The number of anilines is 2. The lowest BCUT2D eigenvalue weighted by Crippen LogP contribution is -2.26. The SMILES string of the molecule is CC(C)(C)CS(=O)(=O)Nc1ccc(N)cc1C(=O)O. The third-order valence-corrected chi connectivity index (χ3v) is 3.94. The van der Waals surface area contributed by atoms with Gasteiger partial charge < -0.3 is 10.8 Å². The third kappa shape index (κ3) is 4.78. The monoisotopic (exact) mass is 286 g/mol. The number of hydrogen-bond donors (Lipinski definition) is 3. The zero-order chi connectivity index (χ0) is 14.8. The molecule has 0 aromatic heterocycles. The van der Waals surface area contributed by atoms with Crippen molar-refractivity contribution in [3.8, 4) is 0 Å². The number of nitrogens with one attached hydrogen (secondary N) is 1. The van der Waals surface area contributed by atoms with Crippen LogP contribution in [0.25, 0.3) is 0 Å². The summed E-state index contributed by atoms with van der Waals surface area (Å²) in [5.74, 6) is -1.34. The van der Waals surface area contributed by atoms with Crippen molar-refractivity contribution in [3.05, 3.63) is 23.8 Å². The average Bonchev–Trinajstić information content (AvgIpc) is 2.16. The molecule has 0 atom stereocenters. The Labute approximate surface area is 112 Å². The number of nitrogen functional groups attached to an aromatic ring is 1. The maximum absolute atomic E-state index is 11.9. The van der Waals surface area contributed by atoms with E-state index in [1.54, 1.807) is 20.8 Å². The second kappa shape index (κ2) is 5.08. The molecule has 6 nitrogen and oxygen atoms in total. The maximum Gasteiger partial charge on any atom is 0.337 e. The minimum absolute atomic E-state index is 0.0194. The molecule has 0 saturated heterocycles. The summed E-state index contributed by atoms with van der Waals surface area (Å²) in [5.41, 5.74) is 5.17. The van der Waals surface area contributed by atoms with E-state index in [1.807, 2.05) is 0 Å². The predicted octanol–water partition coefficient (Wildman–Crippen LogP) is 1.75. The molecule has 7 heteroatoms. The van der Waals surface area contributed by atoms with Crippen LogP contribution in [-0.4, -0.2) is 25.2 Å². The van der Waals surface area contributed by atoms with Gasteiger partial charge in [-0.2, -0.15) is 0 Å². The van der Waals surface area contributed by atoms with Gasteiger partial charge >= 0.3 is 5.97 Å². The van der Waals surface area contributed by atoms with E-state index in [0.29, 0.717) is 0 Å². The Balaban J connectivity index is 3.10. The summed E-state index contributed by atoms with van der Waals surface area (Å²) >= 11 is 0. The van der Waals surface area contributed by atoms with Crippen LogP contribution in [0.1, 0.15) is 31.1 Å². The van der Waals surface area contributed by atoms with Crippen molar-refractivity contribution in [2.45, 2.75) is 20.8 Å². The molecular weight excluding hydrogens is 268 g/mol. The molecule has 0 fully saturated rings. The molecule has 106 valence electrons. The van der Waals surface area contributed by atoms with Gasteiger partial charge in [0.05, 0.1) is 17.0 Å². The van der Waals surface area contributed by atoms with Crippen molar-refractivity contribution < 1.29 is 18.3 Å². The fourth-order valence-corrected chi connectivity index (χ4v) is 3.33. The largest absolute Gasteiger partial charge is 0.478 e. The van der Waals surface area contributed by atoms with E-state index in [9.17, 15) is 13.2 Å². The molecule has 0 unspecified atom stereocenters. The summed E-state index contributed by atoms with van der Waals surface area (Å²) < 4.78 is 26.2. The molecule has 19 heavy (non-hydrogen) atoms. The van der Waals surface area contributed by atoms with E-state index >= 15 is 0 Å². The number of nitrogens with two attached hydrogens (primary N) is 1. The highest BCUT2D eigenvalue weighted by Gasteiger charge is 2.23. The number of carbonyl (C=O) groups is 1. The van der Waals surface area contributed by atoms with E-state index in [-0.39, 0.29) is 22.7 Å². The molecule has 0 amide bonds. The van der Waals surface area contributed by atoms with E-state index in [1.165, 1.54) is 18.2 Å². The maximum atomic E-state index is 11.9. The summed E-state index contributed by atoms with van der Waals surface area (Å²) in [4.78, 5) is 11.1. The first-order valence-electron chi connectivity index (χ1n) is 5.63. The van der Waals surface area contributed by atoms with Crippen LogP contribution in [0.4, 0.5) is 11.4 Å². The number of sulfonamides is 1. The van der Waals surface area contributed by atoms with Gasteiger partial charge in [-0.1, -0.05) is 20.8 Å². The van der Waals surface area contributed by atoms with Crippen LogP contribution in [0, 0.1) is 5.41 Å². The van der Waals surface area contributed by atoms with Gasteiger partial charge in [-0.3, -0.25) is 4.72 Å². The molecule has 0 bridgehead atoms. The van der Waals surface area contributed by atoms with Crippen LogP contribution in [0.3, 0.4) is 0 Å². The van der Waals surface area contributed by atoms with Crippen molar-refractivity contribution in [2.75, 3.05) is 16.2 Å². The number of aromatic carboxylic acids is 1. The van der Waals surface area contributed by atoms with Gasteiger partial charge in [0.25, 0.3) is 0 Å². The lowest BCUT2D eigenvalue weighted by molar-refractivity contribution is 0.0698. The normalized spacial score (nSPS) is 12.2. The number of carboxylic acids is 1. The molecule has 0 spiro atoms. The Morgan fingerprint density at radius 3 is 2.42 bits per heavy atom. The highest BCUT2D eigenvalue weighted by atomic mass is 32.2. The summed E-state index contributed by atoms with van der Waals surface area (Å²) in [6.45, 7) is 5.36. The fourth-order valence-electron chi connectivity index (χ4n) is 1.60. The summed E-state index contributed by atoms with van der Waals surface area (Å²) in [7, 11) is -3.62. The average molecular weight is 286 g/mol. The molecule has 0 heterocycles. The van der Waals surface area contributed by atoms with Crippen molar-refractivity contribution in [1.82, 2.24) is 0 Å². The van der Waals surface area contributed by atoms with Gasteiger partial charge in [-0.05, 0) is 23.6 Å². The van der Waals surface area contributed by atoms with Crippen LogP contribution in [0.5, 0.6) is 0 Å². The van der Waals surface area contributed by atoms with Crippen molar-refractivity contribution in [2.24, 2.45) is 5.41 Å². The molecule has 1 aromatic carbocycles. The Bertz CT molecular complexity index is 588. The first kappa shape index (κ1) is 15.3. The Kier molecular flexibility index (Phi) is 4.09. The van der Waals surface area contributed by atoms with Gasteiger partial charge in [0.15, 0.2) is 0 Å². The molecule has 0 saturated carbocycles. The van der Waals surface area contributed by atoms with E-state index in [2.05, 4.69) is 4.72 Å². The number of rotatable bonds is 4. The summed E-state index contributed by atoms with van der Waals surface area (Å²) in [5, 5.41) is 9.03. The Morgan fingerprint density at radius 1 is 1.37 bits per heavy atom. The number of hydrogen-bond acceptors (Lipinski definition) is 4. The highest BCUT2D eigenvalue weighted by molar-refractivity contribution is 7.92. The topological polar surface area (TPSA) is 109 Å². The van der Waals surface area contributed by atoms with Crippen molar-refractivity contribution in [1.29, 1.82) is 0 Å². The van der Waals surface area contributed by atoms with E-state index in [0.717, 1.165) is 0 Å². The summed E-state index contributed by atoms with van der Waals surface area (Å²) in [6.07, 6.45) is 0. The van der Waals surface area contributed by atoms with Crippen molar-refractivity contribution in [3.63, 3.8) is 0 Å². The molecule has 0 radical (unpaired) electrons. The van der Waals surface area contributed by atoms with Crippen LogP contribution in [0.15, 0.2) is 18.2 Å². The number of benzene rings is 1. The molecular formula is C12H18N2O4S. The van der Waals surface area contributed by atoms with Gasteiger partial charge in [-0.25, -0.2) is 13.2 Å². The van der Waals surface area contributed by atoms with Gasteiger partial charge in [0.1, 0.15) is 0 Å². The fraction of sp³-hybridized carbons (Fsp3) is 0.417. The molecule has 0 aliphatic rings. The van der Waals surface area contributed by atoms with E-state index < -0.39 is 21.4 Å². The lowest BCUT2D eigenvalue weighted by atomic mass is 10.0. The van der Waals surface area contributed by atoms with Gasteiger partial charge in [0.2, 0.25) is 10.0 Å². The predicted molar refractivity (Wildman–Crippen MR) is 74.7 cm³/mol. The molecule has 0 aliphatic heterocycles. The first-order chi connectivity index (χ1) is 8.50.